The van der Waals surface area contributed by atoms with Gasteiger partial charge in [-0.2, -0.15) is 31.3 Å². The van der Waals surface area contributed by atoms with Crippen molar-refractivity contribution in [3.05, 3.63) is 198 Å². The molecule has 0 radical (unpaired) electrons. The minimum Gasteiger partial charge on any atom is -0.374 e. The number of nitrogens with one attached hydrogen (secondary N) is 1. The number of hydrogen-bond donors (Lipinski definition) is 1. The third kappa shape index (κ3) is 14.8. The van der Waals surface area contributed by atoms with E-state index in [2.05, 4.69) is 62.5 Å². The maximum absolute atomic E-state index is 14.4. The molecule has 4 aliphatic heterocycles. The van der Waals surface area contributed by atoms with Crippen molar-refractivity contribution in [3.63, 3.8) is 0 Å². The van der Waals surface area contributed by atoms with E-state index in [1.165, 1.54) is 69.9 Å². The van der Waals surface area contributed by atoms with Crippen molar-refractivity contribution in [2.45, 2.75) is 97.2 Å². The Balaban J connectivity index is 0.000000200. The zero-order valence-electron chi connectivity index (χ0n) is 44.8. The summed E-state index contributed by atoms with van der Waals surface area (Å²) in [5.74, 6) is 0.471. The minimum atomic E-state index is -4.79. The topological polar surface area (TPSA) is 149 Å². The summed E-state index contributed by atoms with van der Waals surface area (Å²) in [5.41, 5.74) is 0.107. The number of oxime groups is 2. The number of aromatic nitrogens is 2. The van der Waals surface area contributed by atoms with Crippen molar-refractivity contribution in [2.75, 3.05) is 19.6 Å². The Kier molecular flexibility index (Phi) is 20.5. The molecule has 2 aromatic heterocycles. The first-order chi connectivity index (χ1) is 38.8. The molecule has 24 heteroatoms. The first-order valence-corrected chi connectivity index (χ1v) is 27.4. The van der Waals surface area contributed by atoms with Gasteiger partial charge in [0.1, 0.15) is 11.7 Å². The predicted molar refractivity (Wildman–Crippen MR) is 307 cm³/mol. The van der Waals surface area contributed by atoms with Crippen molar-refractivity contribution in [1.29, 1.82) is 5.41 Å². The number of nitrogens with zero attached hydrogens (tertiary/aromatic N) is 8. The lowest BCUT2D eigenvalue weighted by Crippen LogP contribution is -2.42. The lowest BCUT2D eigenvalue weighted by atomic mass is 9.86. The molecule has 2 atom stereocenters. The molecular weight excluding hydrogens is 1180 g/mol. The number of carbonyl (C=O) groups is 2. The summed E-state index contributed by atoms with van der Waals surface area (Å²) in [7, 11) is 0. The van der Waals surface area contributed by atoms with E-state index in [1.807, 2.05) is 46.2 Å². The Labute approximate surface area is 495 Å². The molecule has 1 N–H and O–H groups in total. The van der Waals surface area contributed by atoms with E-state index >= 15 is 0 Å². The lowest BCUT2D eigenvalue weighted by molar-refractivity contribution is -0.276. The Morgan fingerprint density at radius 3 is 1.40 bits per heavy atom. The van der Waals surface area contributed by atoms with Crippen LogP contribution < -0.4 is 0 Å². The summed E-state index contributed by atoms with van der Waals surface area (Å²) in [4.78, 5) is 50.2. The number of benzene rings is 4. The zero-order chi connectivity index (χ0) is 59.7. The third-order valence-corrected chi connectivity index (χ3v) is 14.4. The number of aliphatic imine (C=N–C) groups is 1. The summed E-state index contributed by atoms with van der Waals surface area (Å²) < 4.78 is 85.9. The molecule has 10 rings (SSSR count). The molecular formula is C58H54Cl5F6N9O4. The number of carbonyl (C=O) groups excluding carboxylic acids is 2. The quantitative estimate of drug-likeness (QED) is 0.0988. The van der Waals surface area contributed by atoms with Gasteiger partial charge in [0.05, 0.1) is 35.9 Å². The van der Waals surface area contributed by atoms with Crippen LogP contribution in [0, 0.1) is 5.41 Å². The number of amides is 1. The Morgan fingerprint density at radius 1 is 0.622 bits per heavy atom. The summed E-state index contributed by atoms with van der Waals surface area (Å²) in [5, 5.41) is 16.1. The monoisotopic (exact) mass is 1230 g/mol. The van der Waals surface area contributed by atoms with Crippen molar-refractivity contribution >= 4 is 92.2 Å². The Morgan fingerprint density at radius 2 is 1.02 bits per heavy atom. The molecule has 4 aromatic carbocycles. The molecule has 0 fully saturated rings. The fraction of sp³-hybridized carbons (Fsp3) is 0.310. The van der Waals surface area contributed by atoms with Gasteiger partial charge in [0.25, 0.3) is 11.2 Å². The number of pyridine rings is 2. The Bertz CT molecular complexity index is 3360. The summed E-state index contributed by atoms with van der Waals surface area (Å²) in [6.45, 7) is 14.5. The van der Waals surface area contributed by atoms with Gasteiger partial charge in [-0.25, -0.2) is 0 Å². The zero-order valence-corrected chi connectivity index (χ0v) is 48.6. The van der Waals surface area contributed by atoms with Crippen LogP contribution in [0.15, 0.2) is 137 Å². The van der Waals surface area contributed by atoms with E-state index < -0.39 is 36.4 Å². The largest absolute Gasteiger partial charge is 0.435 e. The van der Waals surface area contributed by atoms with Crippen molar-refractivity contribution in [2.24, 2.45) is 15.3 Å². The number of amidine groups is 2. The highest BCUT2D eigenvalue weighted by Gasteiger charge is 2.63. The molecule has 0 spiro atoms. The fourth-order valence-electron chi connectivity index (χ4n) is 9.45. The average molecular weight is 1230 g/mol. The van der Waals surface area contributed by atoms with Crippen molar-refractivity contribution < 1.29 is 45.6 Å². The molecule has 6 aromatic rings. The first kappa shape index (κ1) is 63.0. The van der Waals surface area contributed by atoms with Gasteiger partial charge in [0.15, 0.2) is 0 Å². The average Bonchev–Trinajstić information content (AvgIpc) is 2.63. The number of fused-ring (bicyclic) bond motifs is 2. The number of hydrogen-bond acceptors (Lipinski definition) is 10. The van der Waals surface area contributed by atoms with Crippen LogP contribution in [0.2, 0.25) is 20.1 Å². The van der Waals surface area contributed by atoms with Gasteiger partial charge < -0.3 is 24.4 Å². The first-order valence-electron chi connectivity index (χ1n) is 25.5. The molecule has 0 aliphatic carbocycles. The molecule has 82 heavy (non-hydrogen) atoms. The van der Waals surface area contributed by atoms with E-state index in [0.29, 0.717) is 49.0 Å². The lowest BCUT2D eigenvalue weighted by Gasteiger charge is -2.29. The number of rotatable bonds is 11. The molecule has 2 unspecified atom stereocenters. The molecule has 4 aliphatic rings. The predicted octanol–water partition coefficient (Wildman–Crippen LogP) is 14.7. The summed E-state index contributed by atoms with van der Waals surface area (Å²) in [6, 6.07) is 28.9. The van der Waals surface area contributed by atoms with Gasteiger partial charge in [-0.05, 0) is 126 Å². The molecule has 0 bridgehead atoms. The van der Waals surface area contributed by atoms with Crippen LogP contribution in [-0.2, 0) is 56.6 Å². The van der Waals surface area contributed by atoms with E-state index in [4.69, 9.17) is 61.5 Å². The smallest absolute Gasteiger partial charge is 0.374 e. The van der Waals surface area contributed by atoms with Crippen molar-refractivity contribution in [3.8, 4) is 0 Å². The molecule has 6 heterocycles. The number of halogens is 11. The van der Waals surface area contributed by atoms with Gasteiger partial charge >= 0.3 is 12.4 Å². The van der Waals surface area contributed by atoms with Crippen LogP contribution in [0.4, 0.5) is 26.3 Å². The van der Waals surface area contributed by atoms with Crippen LogP contribution in [0.5, 0.6) is 0 Å². The normalized spacial score (nSPS) is 18.5. The second-order valence-corrected chi connectivity index (χ2v) is 21.3. The van der Waals surface area contributed by atoms with E-state index in [1.54, 1.807) is 48.8 Å². The molecule has 432 valence electrons. The Hall–Kier alpha value is -6.61. The highest BCUT2D eigenvalue weighted by Crippen LogP contribution is 2.51. The van der Waals surface area contributed by atoms with Crippen LogP contribution in [0.3, 0.4) is 0 Å². The van der Waals surface area contributed by atoms with Crippen LogP contribution in [0.25, 0.3) is 0 Å². The standard InChI is InChI=1S/C26H19Cl2F3N4O2.C24H17Cl2F3N4O.C6H15N.C2H3ClO/c1-15(36)33-24-22-6-5-16(8-17(22)13-35(24)14-21-4-2-3-7-32-21)23-12-25(37-34-23,26(29,30)31)18-9-19(27)11-20(28)10-18;25-17-8-16(9-18(26)10-17)23(24(27,28)29)11-21(32-34-23)14-4-5-20-15(7-14)12-33(22(20)30)13-19-3-1-2-6-31-19;1-4-7(5-2)6-3;1-2(3)4/h2-11H,12-14H2,1H3;1-10,30H,11-13H2;4-6H2,1-3H3;1H3. The van der Waals surface area contributed by atoms with E-state index in [0.717, 1.165) is 33.6 Å². The van der Waals surface area contributed by atoms with Gasteiger partial charge in [-0.15, -0.1) is 0 Å². The van der Waals surface area contributed by atoms with Gasteiger partial charge in [0, 0.05) is 94.5 Å². The maximum Gasteiger partial charge on any atom is 0.435 e. The van der Waals surface area contributed by atoms with Gasteiger partial charge in [-0.3, -0.25) is 25.0 Å². The maximum atomic E-state index is 14.4. The van der Waals surface area contributed by atoms with Gasteiger partial charge in [0.2, 0.25) is 11.1 Å². The number of alkyl halides is 6. The van der Waals surface area contributed by atoms with E-state index in [-0.39, 0.29) is 53.8 Å². The molecule has 0 saturated carbocycles. The SMILES string of the molecule is CC(=O)Cl.CC(=O)N=C1c2ccc(C3=NOC(c4cc(Cl)cc(Cl)c4)(C(F)(F)F)C3)cc2CN1Cc1ccccn1.CCN(CC)CC.N=C1c2ccc(C3=NOC(c4cc(Cl)cc(Cl)c4)(C(F)(F)F)C3)cc2CN1Cc1ccccn1. The van der Waals surface area contributed by atoms with Crippen LogP contribution in [-0.4, -0.2) is 90.9 Å². The molecule has 1 amide bonds. The fourth-order valence-corrected chi connectivity index (χ4v) is 10.5. The van der Waals surface area contributed by atoms with E-state index in [9.17, 15) is 35.9 Å². The van der Waals surface area contributed by atoms with Crippen LogP contribution >= 0.6 is 58.0 Å². The highest BCUT2D eigenvalue weighted by atomic mass is 35.5. The van der Waals surface area contributed by atoms with Gasteiger partial charge in [-0.1, -0.05) is 114 Å². The minimum absolute atomic E-state index is 0.0611. The summed E-state index contributed by atoms with van der Waals surface area (Å²) in [6.07, 6.45) is -7.26. The third-order valence-electron chi connectivity index (χ3n) is 13.5. The molecule has 0 saturated heterocycles. The molecule has 13 nitrogen and oxygen atoms in total. The second-order valence-electron chi connectivity index (χ2n) is 19.1. The van der Waals surface area contributed by atoms with Crippen LogP contribution in [0.1, 0.15) is 103 Å². The second kappa shape index (κ2) is 26.7. The summed E-state index contributed by atoms with van der Waals surface area (Å²) >= 11 is 28.6. The highest BCUT2D eigenvalue weighted by molar-refractivity contribution is 6.62. The van der Waals surface area contributed by atoms with Crippen molar-refractivity contribution in [1.82, 2.24) is 24.7 Å².